The molecular weight excluding hydrogens is 345 g/mol. The first-order chi connectivity index (χ1) is 12.2. The van der Waals surface area contributed by atoms with Crippen LogP contribution in [0.4, 0.5) is 4.39 Å². The molecule has 0 heterocycles. The van der Waals surface area contributed by atoms with Gasteiger partial charge in [0.1, 0.15) is 12.4 Å². The van der Waals surface area contributed by atoms with E-state index in [1.54, 1.807) is 38.5 Å². The van der Waals surface area contributed by atoms with E-state index in [0.717, 1.165) is 18.5 Å². The average Bonchev–Trinajstić information content (AvgIpc) is 2.62. The van der Waals surface area contributed by atoms with Crippen molar-refractivity contribution >= 4 is 11.6 Å². The Morgan fingerprint density at radius 3 is 2.60 bits per heavy atom. The van der Waals surface area contributed by atoms with Crippen molar-refractivity contribution < 1.29 is 18.6 Å². The topological polar surface area (TPSA) is 39.7 Å². The summed E-state index contributed by atoms with van der Waals surface area (Å²) in [5.74, 6) is 0.748. The molecule has 0 saturated carbocycles. The van der Waals surface area contributed by atoms with Crippen molar-refractivity contribution in [2.24, 2.45) is 0 Å². The van der Waals surface area contributed by atoms with Crippen molar-refractivity contribution in [1.29, 1.82) is 0 Å². The Balaban J connectivity index is 2.01. The molecule has 0 spiro atoms. The summed E-state index contributed by atoms with van der Waals surface area (Å²) in [5, 5.41) is 3.88. The first kappa shape index (κ1) is 19.5. The van der Waals surface area contributed by atoms with Crippen molar-refractivity contribution in [1.82, 2.24) is 5.32 Å². The number of nitrogens with one attached hydrogen (secondary N) is 1. The second-order valence-electron chi connectivity index (χ2n) is 5.50. The molecule has 0 aliphatic heterocycles. The number of rotatable bonds is 10. The lowest BCUT2D eigenvalue weighted by Crippen LogP contribution is -2.16. The Hall–Kier alpha value is -1.82. The van der Waals surface area contributed by atoms with Gasteiger partial charge < -0.3 is 19.5 Å². The van der Waals surface area contributed by atoms with E-state index in [0.29, 0.717) is 35.2 Å². The number of benzene rings is 2. The fourth-order valence-electron chi connectivity index (χ4n) is 2.32. The highest BCUT2D eigenvalue weighted by Gasteiger charge is 2.11. The van der Waals surface area contributed by atoms with Crippen LogP contribution in [-0.4, -0.2) is 27.4 Å². The molecule has 0 aliphatic rings. The highest BCUT2D eigenvalue weighted by molar-refractivity contribution is 6.31. The Kier molecular flexibility index (Phi) is 7.98. The lowest BCUT2D eigenvalue weighted by molar-refractivity contribution is 0.194. The predicted molar refractivity (Wildman–Crippen MR) is 96.9 cm³/mol. The van der Waals surface area contributed by atoms with E-state index in [2.05, 4.69) is 5.32 Å². The molecule has 136 valence electrons. The summed E-state index contributed by atoms with van der Waals surface area (Å²) in [7, 11) is 3.25. The van der Waals surface area contributed by atoms with Gasteiger partial charge in [0.25, 0.3) is 0 Å². The zero-order chi connectivity index (χ0) is 18.1. The van der Waals surface area contributed by atoms with Crippen LogP contribution in [0, 0.1) is 5.82 Å². The molecule has 0 unspecified atom stereocenters. The monoisotopic (exact) mass is 367 g/mol. The maximum Gasteiger partial charge on any atom is 0.163 e. The zero-order valence-electron chi connectivity index (χ0n) is 14.5. The van der Waals surface area contributed by atoms with Gasteiger partial charge in [0, 0.05) is 36.9 Å². The molecule has 2 rings (SSSR count). The molecule has 6 heteroatoms. The normalized spacial score (nSPS) is 10.7. The summed E-state index contributed by atoms with van der Waals surface area (Å²) in [6, 6.07) is 10.0. The van der Waals surface area contributed by atoms with Gasteiger partial charge in [-0.2, -0.15) is 0 Å². The molecule has 0 aromatic heterocycles. The Morgan fingerprint density at radius 1 is 1.08 bits per heavy atom. The Bertz CT molecular complexity index is 682. The minimum absolute atomic E-state index is 0.105. The fraction of sp³-hybridized carbons (Fsp3) is 0.368. The largest absolute Gasteiger partial charge is 0.493 e. The molecule has 0 fully saturated rings. The van der Waals surface area contributed by atoms with Crippen LogP contribution in [0.15, 0.2) is 36.4 Å². The van der Waals surface area contributed by atoms with E-state index in [1.807, 2.05) is 6.07 Å². The van der Waals surface area contributed by atoms with Crippen molar-refractivity contribution in [2.45, 2.75) is 19.6 Å². The third-order valence-corrected chi connectivity index (χ3v) is 4.04. The maximum atomic E-state index is 13.7. The Morgan fingerprint density at radius 2 is 1.88 bits per heavy atom. The molecule has 2 aromatic rings. The minimum atomic E-state index is -0.301. The van der Waals surface area contributed by atoms with Crippen LogP contribution in [0.2, 0.25) is 5.02 Å². The number of ether oxygens (including phenoxy) is 3. The van der Waals surface area contributed by atoms with Crippen LogP contribution in [0.25, 0.3) is 0 Å². The molecule has 0 aliphatic carbocycles. The molecule has 4 nitrogen and oxygen atoms in total. The highest BCUT2D eigenvalue weighted by atomic mass is 35.5. The third kappa shape index (κ3) is 5.88. The van der Waals surface area contributed by atoms with Crippen LogP contribution in [-0.2, 0) is 17.9 Å². The van der Waals surface area contributed by atoms with Gasteiger partial charge in [0.15, 0.2) is 11.5 Å². The van der Waals surface area contributed by atoms with E-state index in [4.69, 9.17) is 25.8 Å². The molecule has 0 bridgehead atoms. The zero-order valence-corrected chi connectivity index (χ0v) is 15.2. The average molecular weight is 368 g/mol. The summed E-state index contributed by atoms with van der Waals surface area (Å²) in [5.41, 5.74) is 1.39. The highest BCUT2D eigenvalue weighted by Crippen LogP contribution is 2.34. The van der Waals surface area contributed by atoms with E-state index < -0.39 is 0 Å². The van der Waals surface area contributed by atoms with E-state index in [9.17, 15) is 4.39 Å². The molecule has 0 atom stereocenters. The van der Waals surface area contributed by atoms with Crippen LogP contribution in [0.5, 0.6) is 11.5 Å². The number of hydrogen-bond acceptors (Lipinski definition) is 4. The van der Waals surface area contributed by atoms with Gasteiger partial charge in [-0.3, -0.25) is 0 Å². The van der Waals surface area contributed by atoms with Gasteiger partial charge in [0.05, 0.1) is 7.11 Å². The minimum Gasteiger partial charge on any atom is -0.493 e. The van der Waals surface area contributed by atoms with Gasteiger partial charge in [0.2, 0.25) is 0 Å². The summed E-state index contributed by atoms with van der Waals surface area (Å²) in [6.45, 7) is 2.27. The first-order valence-corrected chi connectivity index (χ1v) is 8.45. The van der Waals surface area contributed by atoms with Crippen molar-refractivity contribution in [2.75, 3.05) is 27.4 Å². The van der Waals surface area contributed by atoms with Crippen molar-refractivity contribution in [3.63, 3.8) is 0 Å². The lowest BCUT2D eigenvalue weighted by atomic mass is 10.2. The lowest BCUT2D eigenvalue weighted by Gasteiger charge is -2.14. The van der Waals surface area contributed by atoms with Crippen LogP contribution >= 0.6 is 11.6 Å². The van der Waals surface area contributed by atoms with E-state index in [1.165, 1.54) is 6.07 Å². The fourth-order valence-corrected chi connectivity index (χ4v) is 2.54. The number of halogens is 2. The van der Waals surface area contributed by atoms with Crippen LogP contribution < -0.4 is 14.8 Å². The maximum absolute atomic E-state index is 13.7. The SMILES string of the molecule is COCCCNCc1cc(OC)c(OCc2ccccc2F)cc1Cl. The molecule has 1 N–H and O–H groups in total. The molecule has 0 amide bonds. The summed E-state index contributed by atoms with van der Waals surface area (Å²) < 4.78 is 29.8. The van der Waals surface area contributed by atoms with Crippen molar-refractivity contribution in [3.8, 4) is 11.5 Å². The molecular formula is C19H23ClFNO3. The standard InChI is InChI=1S/C19H23ClFNO3/c1-23-9-5-8-22-12-15-10-18(24-2)19(11-16(15)20)25-13-14-6-3-4-7-17(14)21/h3-4,6-7,10-11,22H,5,8-9,12-13H2,1-2H3. The van der Waals surface area contributed by atoms with Gasteiger partial charge in [-0.05, 0) is 30.7 Å². The second-order valence-corrected chi connectivity index (χ2v) is 5.90. The number of methoxy groups -OCH3 is 2. The molecule has 0 saturated heterocycles. The van der Waals surface area contributed by atoms with E-state index >= 15 is 0 Å². The number of hydrogen-bond donors (Lipinski definition) is 1. The molecule has 0 radical (unpaired) electrons. The Labute approximate surface area is 152 Å². The second kappa shape index (κ2) is 10.2. The molecule has 2 aromatic carbocycles. The molecule has 25 heavy (non-hydrogen) atoms. The van der Waals surface area contributed by atoms with Gasteiger partial charge in [-0.15, -0.1) is 0 Å². The third-order valence-electron chi connectivity index (χ3n) is 3.69. The first-order valence-electron chi connectivity index (χ1n) is 8.08. The van der Waals surface area contributed by atoms with E-state index in [-0.39, 0.29) is 12.4 Å². The summed E-state index contributed by atoms with van der Waals surface area (Å²) in [4.78, 5) is 0. The van der Waals surface area contributed by atoms with Crippen LogP contribution in [0.3, 0.4) is 0 Å². The summed E-state index contributed by atoms with van der Waals surface area (Å²) >= 11 is 6.34. The summed E-state index contributed by atoms with van der Waals surface area (Å²) in [6.07, 6.45) is 0.926. The quantitative estimate of drug-likeness (QED) is 0.639. The van der Waals surface area contributed by atoms with Gasteiger partial charge >= 0.3 is 0 Å². The van der Waals surface area contributed by atoms with Gasteiger partial charge in [-0.1, -0.05) is 29.8 Å². The van der Waals surface area contributed by atoms with Crippen molar-refractivity contribution in [3.05, 3.63) is 58.4 Å². The van der Waals surface area contributed by atoms with Crippen LogP contribution in [0.1, 0.15) is 17.5 Å². The predicted octanol–water partition coefficient (Wildman–Crippen LogP) is 4.19. The smallest absolute Gasteiger partial charge is 0.163 e. The van der Waals surface area contributed by atoms with Gasteiger partial charge in [-0.25, -0.2) is 4.39 Å².